The quantitative estimate of drug-likeness (QED) is 0.276. The Morgan fingerprint density at radius 2 is 1.76 bits per heavy atom. The first-order valence-corrected chi connectivity index (χ1v) is 14.7. The maximum absolute atomic E-state index is 16.6. The van der Waals surface area contributed by atoms with Gasteiger partial charge in [-0.1, -0.05) is 48.3 Å². The molecule has 0 bridgehead atoms. The number of carboxylic acids is 1. The van der Waals surface area contributed by atoms with Gasteiger partial charge in [0, 0.05) is 35.4 Å². The number of rotatable bonds is 9. The summed E-state index contributed by atoms with van der Waals surface area (Å²) in [4.78, 5) is 27.8. The Kier molecular flexibility index (Phi) is 8.65. The maximum atomic E-state index is 16.6. The van der Waals surface area contributed by atoms with E-state index in [4.69, 9.17) is 32.7 Å². The summed E-state index contributed by atoms with van der Waals surface area (Å²) in [6.07, 6.45) is 1.52. The van der Waals surface area contributed by atoms with E-state index < -0.39 is 29.0 Å². The van der Waals surface area contributed by atoms with E-state index in [0.29, 0.717) is 54.2 Å². The number of benzene rings is 3. The number of amides is 1. The molecule has 2 aliphatic heterocycles. The van der Waals surface area contributed by atoms with Crippen LogP contribution in [0.4, 0.5) is 4.39 Å². The molecule has 1 fully saturated rings. The lowest BCUT2D eigenvalue weighted by atomic mass is 9.74. The highest BCUT2D eigenvalue weighted by Gasteiger charge is 2.55. The van der Waals surface area contributed by atoms with E-state index in [1.54, 1.807) is 37.3 Å². The van der Waals surface area contributed by atoms with Gasteiger partial charge in [0.25, 0.3) is 5.91 Å². The summed E-state index contributed by atoms with van der Waals surface area (Å²) in [5.41, 5.74) is -2.14. The average Bonchev–Trinajstić information content (AvgIpc) is 3.22. The van der Waals surface area contributed by atoms with E-state index >= 15 is 4.39 Å². The van der Waals surface area contributed by atoms with Crippen LogP contribution < -0.4 is 0 Å². The molecule has 2 aliphatic rings. The molecule has 222 valence electrons. The fourth-order valence-corrected chi connectivity index (χ4v) is 6.65. The third-order valence-corrected chi connectivity index (χ3v) is 8.93. The van der Waals surface area contributed by atoms with Crippen LogP contribution in [0.3, 0.4) is 0 Å². The second kappa shape index (κ2) is 11.9. The van der Waals surface area contributed by atoms with Crippen molar-refractivity contribution in [3.63, 3.8) is 0 Å². The minimum absolute atomic E-state index is 0.00306. The number of nitrogens with zero attached hydrogens (tertiary/aromatic N) is 1. The predicted octanol–water partition coefficient (Wildman–Crippen LogP) is 6.75. The Balaban J connectivity index is 1.74. The molecule has 0 aromatic heterocycles. The molecular formula is C32H32Cl2FNO6. The van der Waals surface area contributed by atoms with Crippen molar-refractivity contribution in [2.75, 3.05) is 19.8 Å². The van der Waals surface area contributed by atoms with Gasteiger partial charge in [0.05, 0.1) is 28.8 Å². The number of aliphatic hydroxyl groups is 1. The first kappa shape index (κ1) is 30.4. The van der Waals surface area contributed by atoms with Crippen LogP contribution in [0.15, 0.2) is 54.6 Å². The number of halogens is 3. The van der Waals surface area contributed by atoms with Gasteiger partial charge in [-0.25, -0.2) is 9.18 Å². The molecule has 0 saturated carbocycles. The Labute approximate surface area is 253 Å². The summed E-state index contributed by atoms with van der Waals surface area (Å²) >= 11 is 12.3. The van der Waals surface area contributed by atoms with Crippen LogP contribution in [0.5, 0.6) is 0 Å². The van der Waals surface area contributed by atoms with Crippen molar-refractivity contribution in [3.8, 4) is 0 Å². The van der Waals surface area contributed by atoms with Crippen molar-refractivity contribution in [1.29, 1.82) is 0 Å². The minimum atomic E-state index is -1.74. The van der Waals surface area contributed by atoms with Crippen molar-refractivity contribution in [2.45, 2.75) is 51.0 Å². The fourth-order valence-electron chi connectivity index (χ4n) is 6.35. The van der Waals surface area contributed by atoms with Crippen LogP contribution in [-0.2, 0) is 27.3 Å². The summed E-state index contributed by atoms with van der Waals surface area (Å²) < 4.78 is 28.4. The van der Waals surface area contributed by atoms with Crippen LogP contribution in [0.1, 0.15) is 76.1 Å². The maximum Gasteiger partial charge on any atom is 0.336 e. The van der Waals surface area contributed by atoms with Gasteiger partial charge in [0.15, 0.2) is 5.72 Å². The molecule has 0 unspecified atom stereocenters. The number of fused-ring (bicyclic) bond motifs is 1. The van der Waals surface area contributed by atoms with E-state index in [2.05, 4.69) is 0 Å². The minimum Gasteiger partial charge on any atom is -0.478 e. The van der Waals surface area contributed by atoms with Crippen molar-refractivity contribution >= 4 is 35.1 Å². The van der Waals surface area contributed by atoms with Gasteiger partial charge in [-0.2, -0.15) is 0 Å². The largest absolute Gasteiger partial charge is 0.478 e. The third kappa shape index (κ3) is 5.09. The topological polar surface area (TPSA) is 96.3 Å². The zero-order valence-electron chi connectivity index (χ0n) is 23.3. The first-order valence-electron chi connectivity index (χ1n) is 13.9. The Morgan fingerprint density at radius 3 is 2.38 bits per heavy atom. The van der Waals surface area contributed by atoms with Crippen LogP contribution in [0.2, 0.25) is 10.0 Å². The number of carbonyl (C=O) groups is 2. The van der Waals surface area contributed by atoms with E-state index in [9.17, 15) is 19.8 Å². The Morgan fingerprint density at radius 1 is 1.10 bits per heavy atom. The van der Waals surface area contributed by atoms with Crippen LogP contribution in [0, 0.1) is 11.7 Å². The van der Waals surface area contributed by atoms with Gasteiger partial charge in [-0.15, -0.1) is 0 Å². The molecule has 2 atom stereocenters. The van der Waals surface area contributed by atoms with Gasteiger partial charge in [-0.05, 0) is 79.6 Å². The molecule has 5 rings (SSSR count). The van der Waals surface area contributed by atoms with Crippen molar-refractivity contribution in [2.24, 2.45) is 5.92 Å². The van der Waals surface area contributed by atoms with Gasteiger partial charge in [-0.3, -0.25) is 9.69 Å². The molecule has 1 amide bonds. The highest BCUT2D eigenvalue weighted by molar-refractivity contribution is 6.31. The van der Waals surface area contributed by atoms with Crippen LogP contribution >= 0.6 is 23.2 Å². The smallest absolute Gasteiger partial charge is 0.336 e. The van der Waals surface area contributed by atoms with E-state index in [0.717, 1.165) is 0 Å². The lowest BCUT2D eigenvalue weighted by Gasteiger charge is -2.40. The molecule has 42 heavy (non-hydrogen) atoms. The number of carboxylic acid groups (broad SMARTS) is 1. The summed E-state index contributed by atoms with van der Waals surface area (Å²) in [5, 5.41) is 22.5. The summed E-state index contributed by atoms with van der Waals surface area (Å²) in [7, 11) is 0. The summed E-state index contributed by atoms with van der Waals surface area (Å²) in [6, 6.07) is 13.8. The lowest BCUT2D eigenvalue weighted by Crippen LogP contribution is -2.47. The molecule has 1 saturated heterocycles. The highest BCUT2D eigenvalue weighted by atomic mass is 35.5. The average molecular weight is 617 g/mol. The van der Waals surface area contributed by atoms with Gasteiger partial charge in [0.2, 0.25) is 0 Å². The van der Waals surface area contributed by atoms with Crippen molar-refractivity contribution in [3.05, 3.63) is 104 Å². The molecule has 2 N–H and O–H groups in total. The first-order chi connectivity index (χ1) is 20.1. The second-order valence-corrected chi connectivity index (χ2v) is 11.5. The standard InChI is InChI=1S/C32H32Cl2FNO6/c1-3-31(40,20-11-13-41-14-12-20)22-15-26-28(27(35)16-22)32(42-4-2,21-6-9-23(33)10-7-21)36(29(26)37)18-19-5-8-24(34)17-25(19)30(38)39/h5-10,15-17,20,40H,3-4,11-14,18H2,1-2H3,(H,38,39)/t31-,32+/m0/s1. The summed E-state index contributed by atoms with van der Waals surface area (Å²) in [6.45, 7) is 4.42. The zero-order valence-corrected chi connectivity index (χ0v) is 24.8. The van der Waals surface area contributed by atoms with Crippen LogP contribution in [-0.4, -0.2) is 46.8 Å². The molecule has 0 aliphatic carbocycles. The van der Waals surface area contributed by atoms with E-state index in [1.807, 2.05) is 6.92 Å². The second-order valence-electron chi connectivity index (χ2n) is 10.6. The third-order valence-electron chi connectivity index (χ3n) is 8.44. The monoisotopic (exact) mass is 615 g/mol. The molecule has 10 heteroatoms. The Bertz CT molecular complexity index is 1510. The van der Waals surface area contributed by atoms with Crippen molar-refractivity contribution < 1.29 is 33.7 Å². The zero-order chi connectivity index (χ0) is 30.2. The molecular weight excluding hydrogens is 584 g/mol. The number of carbonyl (C=O) groups excluding carboxylic acids is 1. The normalized spacial score (nSPS) is 20.4. The van der Waals surface area contributed by atoms with E-state index in [1.165, 1.54) is 29.2 Å². The van der Waals surface area contributed by atoms with Crippen LogP contribution in [0.25, 0.3) is 0 Å². The molecule has 0 radical (unpaired) electrons. The molecule has 0 spiro atoms. The number of ether oxygens (including phenoxy) is 2. The van der Waals surface area contributed by atoms with Gasteiger partial charge < -0.3 is 19.7 Å². The molecule has 3 aromatic rings. The number of aromatic carboxylic acids is 1. The molecule has 7 nitrogen and oxygen atoms in total. The fraction of sp³-hybridized carbons (Fsp3) is 0.375. The Hall–Kier alpha value is -3.01. The number of hydrogen-bond donors (Lipinski definition) is 2. The summed E-state index contributed by atoms with van der Waals surface area (Å²) in [5.74, 6) is -2.68. The SMILES string of the molecule is CCO[C@]1(c2ccc(Cl)cc2)c2c(F)cc([C@](O)(CC)C3CCOCC3)cc2C(=O)N1Cc1ccc(Cl)cc1C(=O)O. The van der Waals surface area contributed by atoms with Gasteiger partial charge in [0.1, 0.15) is 5.82 Å². The molecule has 3 aromatic carbocycles. The molecule has 2 heterocycles. The highest BCUT2D eigenvalue weighted by Crippen LogP contribution is 2.50. The van der Waals surface area contributed by atoms with E-state index in [-0.39, 0.29) is 40.8 Å². The van der Waals surface area contributed by atoms with Crippen molar-refractivity contribution in [1.82, 2.24) is 4.90 Å². The lowest BCUT2D eigenvalue weighted by molar-refractivity contribution is -0.109. The predicted molar refractivity (Wildman–Crippen MR) is 156 cm³/mol. The van der Waals surface area contributed by atoms with Gasteiger partial charge >= 0.3 is 5.97 Å². The number of hydrogen-bond acceptors (Lipinski definition) is 5.